The summed E-state index contributed by atoms with van der Waals surface area (Å²) in [5, 5.41) is 19.3. The normalized spacial score (nSPS) is 10.2. The molecule has 2 rings (SSSR count). The molecule has 1 N–H and O–H groups in total. The molecule has 0 aliphatic heterocycles. The highest BCUT2D eigenvalue weighted by Gasteiger charge is 2.14. The summed E-state index contributed by atoms with van der Waals surface area (Å²) in [6.45, 7) is 0. The minimum Gasteiger partial charge on any atom is -0.477 e. The quantitative estimate of drug-likeness (QED) is 0.686. The van der Waals surface area contributed by atoms with E-state index in [1.807, 2.05) is 0 Å². The maximum atomic E-state index is 13.5. The molecule has 0 spiro atoms. The third-order valence-electron chi connectivity index (χ3n) is 2.13. The van der Waals surface area contributed by atoms with E-state index in [4.69, 9.17) is 9.84 Å². The topological polar surface area (TPSA) is 89.7 Å². The van der Waals surface area contributed by atoms with Gasteiger partial charge in [0.25, 0.3) is 5.69 Å². The number of nitro groups is 1. The first-order valence-electron chi connectivity index (χ1n) is 4.92. The van der Waals surface area contributed by atoms with Crippen molar-refractivity contribution in [1.29, 1.82) is 0 Å². The molecule has 0 aliphatic carbocycles. The molecule has 0 aliphatic rings. The summed E-state index contributed by atoms with van der Waals surface area (Å²) >= 11 is 0.833. The van der Waals surface area contributed by atoms with Crippen LogP contribution in [0.5, 0.6) is 10.8 Å². The fourth-order valence-electron chi connectivity index (χ4n) is 1.28. The van der Waals surface area contributed by atoms with Crippen molar-refractivity contribution in [3.05, 3.63) is 51.1 Å². The average Bonchev–Trinajstić information content (AvgIpc) is 2.80. The van der Waals surface area contributed by atoms with Gasteiger partial charge >= 0.3 is 5.97 Å². The molecule has 0 unspecified atom stereocenters. The van der Waals surface area contributed by atoms with Crippen LogP contribution < -0.4 is 4.74 Å². The van der Waals surface area contributed by atoms with Gasteiger partial charge in [-0.1, -0.05) is 11.3 Å². The molecular weight excluding hydrogens is 277 g/mol. The molecule has 98 valence electrons. The minimum absolute atomic E-state index is 0.0531. The Labute approximate surface area is 109 Å². The number of nitrogens with zero attached hydrogens (tertiary/aromatic N) is 1. The molecule has 0 bridgehead atoms. The maximum absolute atomic E-state index is 13.5. The SMILES string of the molecule is O=C(O)c1ccc(Oc2ccc([N+](=O)[O-])cc2F)s1. The van der Waals surface area contributed by atoms with E-state index >= 15 is 0 Å². The molecule has 0 fully saturated rings. The van der Waals surface area contributed by atoms with E-state index in [1.54, 1.807) is 0 Å². The lowest BCUT2D eigenvalue weighted by molar-refractivity contribution is -0.385. The van der Waals surface area contributed by atoms with Gasteiger partial charge < -0.3 is 9.84 Å². The highest BCUT2D eigenvalue weighted by atomic mass is 32.1. The van der Waals surface area contributed by atoms with Crippen LogP contribution in [0.2, 0.25) is 0 Å². The lowest BCUT2D eigenvalue weighted by Gasteiger charge is -2.03. The maximum Gasteiger partial charge on any atom is 0.345 e. The predicted molar refractivity (Wildman–Crippen MR) is 64.4 cm³/mol. The molecule has 1 aromatic carbocycles. The van der Waals surface area contributed by atoms with Crippen LogP contribution in [0.25, 0.3) is 0 Å². The number of aromatic carboxylic acids is 1. The third kappa shape index (κ3) is 2.86. The van der Waals surface area contributed by atoms with Gasteiger partial charge in [0.2, 0.25) is 0 Å². The van der Waals surface area contributed by atoms with Crippen molar-refractivity contribution in [3.8, 4) is 10.8 Å². The summed E-state index contributed by atoms with van der Waals surface area (Å²) < 4.78 is 18.7. The van der Waals surface area contributed by atoms with Crippen molar-refractivity contribution < 1.29 is 24.0 Å². The van der Waals surface area contributed by atoms with Gasteiger partial charge in [-0.25, -0.2) is 9.18 Å². The fourth-order valence-corrected chi connectivity index (χ4v) is 1.99. The molecule has 1 aromatic heterocycles. The number of hydrogen-bond acceptors (Lipinski definition) is 5. The molecule has 0 saturated carbocycles. The van der Waals surface area contributed by atoms with E-state index < -0.39 is 16.7 Å². The summed E-state index contributed by atoms with van der Waals surface area (Å²) in [7, 11) is 0. The lowest BCUT2D eigenvalue weighted by Crippen LogP contribution is -1.91. The number of carboxylic acids is 1. The van der Waals surface area contributed by atoms with E-state index in [0.29, 0.717) is 0 Å². The zero-order valence-electron chi connectivity index (χ0n) is 9.20. The minimum atomic E-state index is -1.11. The third-order valence-corrected chi connectivity index (χ3v) is 3.08. The summed E-state index contributed by atoms with van der Waals surface area (Å²) in [6.07, 6.45) is 0. The molecule has 2 aromatic rings. The Morgan fingerprint density at radius 1 is 1.37 bits per heavy atom. The van der Waals surface area contributed by atoms with Gasteiger partial charge in [-0.3, -0.25) is 10.1 Å². The monoisotopic (exact) mass is 283 g/mol. The number of nitro benzene ring substituents is 1. The number of non-ortho nitro benzene ring substituents is 1. The summed E-state index contributed by atoms with van der Waals surface area (Å²) in [6, 6.07) is 5.67. The van der Waals surface area contributed by atoms with E-state index in [9.17, 15) is 19.3 Å². The van der Waals surface area contributed by atoms with Gasteiger partial charge in [-0.15, -0.1) is 0 Å². The molecule has 8 heteroatoms. The molecule has 0 radical (unpaired) electrons. The summed E-state index contributed by atoms with van der Waals surface area (Å²) in [5.41, 5.74) is -0.387. The molecule has 6 nitrogen and oxygen atoms in total. The van der Waals surface area contributed by atoms with Crippen LogP contribution in [0.1, 0.15) is 9.67 Å². The molecular formula is C11H6FNO5S. The zero-order valence-corrected chi connectivity index (χ0v) is 10.0. The Bertz CT molecular complexity index is 654. The first-order chi connectivity index (χ1) is 8.97. The Balaban J connectivity index is 2.23. The van der Waals surface area contributed by atoms with Crippen molar-refractivity contribution in [2.24, 2.45) is 0 Å². The number of carbonyl (C=O) groups is 1. The number of ether oxygens (including phenoxy) is 1. The van der Waals surface area contributed by atoms with Crippen LogP contribution in [-0.4, -0.2) is 16.0 Å². The van der Waals surface area contributed by atoms with Crippen LogP contribution >= 0.6 is 11.3 Å². The summed E-state index contributed by atoms with van der Waals surface area (Å²) in [4.78, 5) is 20.4. The Morgan fingerprint density at radius 3 is 2.63 bits per heavy atom. The van der Waals surface area contributed by atoms with Crippen LogP contribution in [0.4, 0.5) is 10.1 Å². The van der Waals surface area contributed by atoms with Crippen molar-refractivity contribution >= 4 is 23.0 Å². The highest BCUT2D eigenvalue weighted by Crippen LogP contribution is 2.32. The van der Waals surface area contributed by atoms with Crippen molar-refractivity contribution in [2.45, 2.75) is 0 Å². The number of halogens is 1. The van der Waals surface area contributed by atoms with Gasteiger partial charge in [0.1, 0.15) is 4.88 Å². The van der Waals surface area contributed by atoms with Crippen molar-refractivity contribution in [2.75, 3.05) is 0 Å². The first-order valence-corrected chi connectivity index (χ1v) is 5.74. The Kier molecular flexibility index (Phi) is 3.43. The van der Waals surface area contributed by atoms with Gasteiger partial charge in [-0.05, 0) is 18.2 Å². The largest absolute Gasteiger partial charge is 0.477 e. The second-order valence-corrected chi connectivity index (χ2v) is 4.44. The number of thiophene rings is 1. The average molecular weight is 283 g/mol. The molecule has 1 heterocycles. The fraction of sp³-hybridized carbons (Fsp3) is 0. The van der Waals surface area contributed by atoms with Crippen LogP contribution in [0, 0.1) is 15.9 Å². The van der Waals surface area contributed by atoms with E-state index in [2.05, 4.69) is 0 Å². The van der Waals surface area contributed by atoms with Gasteiger partial charge in [0, 0.05) is 6.07 Å². The van der Waals surface area contributed by atoms with Crippen molar-refractivity contribution in [3.63, 3.8) is 0 Å². The van der Waals surface area contributed by atoms with Crippen LogP contribution in [0.15, 0.2) is 30.3 Å². The van der Waals surface area contributed by atoms with E-state index in [1.165, 1.54) is 12.1 Å². The molecule has 0 atom stereocenters. The molecule has 0 saturated heterocycles. The second kappa shape index (κ2) is 5.02. The number of benzene rings is 1. The zero-order chi connectivity index (χ0) is 14.0. The smallest absolute Gasteiger partial charge is 0.345 e. The van der Waals surface area contributed by atoms with Gasteiger partial charge in [0.05, 0.1) is 11.0 Å². The van der Waals surface area contributed by atoms with E-state index in [0.717, 1.165) is 29.5 Å². The number of rotatable bonds is 4. The molecule has 0 amide bonds. The highest BCUT2D eigenvalue weighted by molar-refractivity contribution is 7.15. The van der Waals surface area contributed by atoms with Crippen molar-refractivity contribution in [1.82, 2.24) is 0 Å². The molecule has 19 heavy (non-hydrogen) atoms. The Hall–Kier alpha value is -2.48. The van der Waals surface area contributed by atoms with Crippen LogP contribution in [0.3, 0.4) is 0 Å². The van der Waals surface area contributed by atoms with Gasteiger partial charge in [0.15, 0.2) is 16.6 Å². The van der Waals surface area contributed by atoms with E-state index in [-0.39, 0.29) is 21.4 Å². The van der Waals surface area contributed by atoms with Gasteiger partial charge in [-0.2, -0.15) is 0 Å². The second-order valence-electron chi connectivity index (χ2n) is 3.40. The predicted octanol–water partition coefficient (Wildman–Crippen LogP) is 3.29. The lowest BCUT2D eigenvalue weighted by atomic mass is 10.3. The van der Waals surface area contributed by atoms with Crippen LogP contribution in [-0.2, 0) is 0 Å². The first kappa shape index (κ1) is 13.0. The summed E-state index contributed by atoms with van der Waals surface area (Å²) in [5.74, 6) is -2.20. The Morgan fingerprint density at radius 2 is 2.11 bits per heavy atom. The number of hydrogen-bond donors (Lipinski definition) is 1. The standard InChI is InChI=1S/C11H6FNO5S/c12-7-5-6(13(16)17)1-2-8(7)18-10-4-3-9(19-10)11(14)15/h1-5H,(H,14,15). The number of carboxylic acid groups (broad SMARTS) is 1.